The Balaban J connectivity index is 1.66. The molecule has 0 spiro atoms. The van der Waals surface area contributed by atoms with Gasteiger partial charge in [-0.3, -0.25) is 4.98 Å². The highest BCUT2D eigenvalue weighted by Gasteiger charge is 2.48. The summed E-state index contributed by atoms with van der Waals surface area (Å²) in [5, 5.41) is 27.6. The van der Waals surface area contributed by atoms with Gasteiger partial charge in [-0.2, -0.15) is 0 Å². The number of nitrogens with zero attached hydrogens (tertiary/aromatic N) is 3. The number of rotatable bonds is 5. The molecule has 2 fully saturated rings. The lowest BCUT2D eigenvalue weighted by Crippen LogP contribution is -2.41. The highest BCUT2D eigenvalue weighted by molar-refractivity contribution is 5.87. The number of pyridine rings is 1. The Hall–Kier alpha value is -3.03. The van der Waals surface area contributed by atoms with Gasteiger partial charge >= 0.3 is 0 Å². The summed E-state index contributed by atoms with van der Waals surface area (Å²) >= 11 is 0. The predicted octanol–water partition coefficient (Wildman–Crippen LogP) is 4.50. The maximum Gasteiger partial charge on any atom is 0.141 e. The number of benzene rings is 1. The molecule has 3 unspecified atom stereocenters. The highest BCUT2D eigenvalue weighted by Crippen LogP contribution is 2.48. The largest absolute Gasteiger partial charge is 0.393 e. The molecule has 2 aliphatic rings. The zero-order valence-electron chi connectivity index (χ0n) is 18.9. The van der Waals surface area contributed by atoms with Crippen LogP contribution in [0.3, 0.4) is 0 Å². The van der Waals surface area contributed by atoms with Crippen molar-refractivity contribution in [2.24, 2.45) is 5.92 Å². The van der Waals surface area contributed by atoms with E-state index >= 15 is 0 Å². The number of aliphatic hydroxyl groups is 2. The maximum atomic E-state index is 12.5. The second-order valence-corrected chi connectivity index (χ2v) is 9.60. The van der Waals surface area contributed by atoms with Gasteiger partial charge in [0.25, 0.3) is 0 Å². The first-order chi connectivity index (χ1) is 16.0. The average molecular weight is 445 g/mol. The summed E-state index contributed by atoms with van der Waals surface area (Å²) < 4.78 is 5.45. The number of fused-ring (bicyclic) bond motifs is 1. The summed E-state index contributed by atoms with van der Waals surface area (Å²) in [7, 11) is 0. The minimum absolute atomic E-state index is 0.378. The number of hydrogen-bond acceptors (Lipinski definition) is 6. The summed E-state index contributed by atoms with van der Waals surface area (Å²) in [6.07, 6.45) is 5.57. The minimum atomic E-state index is -1.49. The molecule has 1 aromatic carbocycles. The van der Waals surface area contributed by atoms with Gasteiger partial charge in [0.15, 0.2) is 0 Å². The van der Waals surface area contributed by atoms with Crippen LogP contribution in [0.4, 0.5) is 0 Å². The van der Waals surface area contributed by atoms with Gasteiger partial charge in [-0.15, -0.1) is 0 Å². The van der Waals surface area contributed by atoms with Crippen LogP contribution in [0.1, 0.15) is 66.6 Å². The molecule has 3 N–H and O–H groups in total. The van der Waals surface area contributed by atoms with Gasteiger partial charge in [-0.1, -0.05) is 17.6 Å². The standard InChI is InChI=1S/C26H28N4O3/c1-14-23(15(2)33-30-14)17-12-19(24-20(13-17)28-25(29-24)16-9-10-16)26(32,18-6-5-7-21(18)31)22-8-3-4-11-27-22/h3-4,8,11-13,16,18,21,31-32H,5-7,9-10H2,1-2H3,(H,28,29). The normalized spacial score (nSPS) is 22.7. The maximum absolute atomic E-state index is 12.5. The van der Waals surface area contributed by atoms with E-state index in [0.29, 0.717) is 30.0 Å². The molecule has 4 aromatic rings. The molecule has 6 rings (SSSR count). The molecule has 0 radical (unpaired) electrons. The Morgan fingerprint density at radius 3 is 2.61 bits per heavy atom. The minimum Gasteiger partial charge on any atom is -0.393 e. The van der Waals surface area contributed by atoms with Crippen molar-refractivity contribution in [1.29, 1.82) is 0 Å². The molecule has 7 nitrogen and oxygen atoms in total. The smallest absolute Gasteiger partial charge is 0.141 e. The molecule has 0 saturated heterocycles. The lowest BCUT2D eigenvalue weighted by atomic mass is 9.75. The number of imidazole rings is 1. The molecule has 0 amide bonds. The third-order valence-corrected chi connectivity index (χ3v) is 7.37. The highest BCUT2D eigenvalue weighted by atomic mass is 16.5. The van der Waals surface area contributed by atoms with Gasteiger partial charge in [0.05, 0.1) is 28.5 Å². The van der Waals surface area contributed by atoms with Gasteiger partial charge < -0.3 is 19.7 Å². The van der Waals surface area contributed by atoms with Crippen molar-refractivity contribution in [3.63, 3.8) is 0 Å². The number of aromatic amines is 1. The average Bonchev–Trinajstić information content (AvgIpc) is 3.29. The third-order valence-electron chi connectivity index (χ3n) is 7.37. The molecule has 7 heteroatoms. The Labute approximate surface area is 191 Å². The molecular weight excluding hydrogens is 416 g/mol. The number of nitrogens with one attached hydrogen (secondary N) is 1. The van der Waals surface area contributed by atoms with Crippen LogP contribution in [-0.4, -0.2) is 36.4 Å². The summed E-state index contributed by atoms with van der Waals surface area (Å²) in [5.74, 6) is 1.74. The Bertz CT molecular complexity index is 1300. The molecular formula is C26H28N4O3. The predicted molar refractivity (Wildman–Crippen MR) is 124 cm³/mol. The van der Waals surface area contributed by atoms with Crippen molar-refractivity contribution in [2.75, 3.05) is 0 Å². The summed E-state index contributed by atoms with van der Waals surface area (Å²) in [5.41, 5.74) is 3.93. The lowest BCUT2D eigenvalue weighted by Gasteiger charge is -2.36. The van der Waals surface area contributed by atoms with Crippen LogP contribution < -0.4 is 0 Å². The van der Waals surface area contributed by atoms with E-state index in [1.807, 2.05) is 38.1 Å². The summed E-state index contributed by atoms with van der Waals surface area (Å²) in [6.45, 7) is 3.82. The first-order valence-electron chi connectivity index (χ1n) is 11.8. The number of aliphatic hydroxyl groups excluding tert-OH is 1. The Morgan fingerprint density at radius 1 is 1.12 bits per heavy atom. The second-order valence-electron chi connectivity index (χ2n) is 9.60. The molecule has 0 aliphatic heterocycles. The first-order valence-corrected chi connectivity index (χ1v) is 11.8. The molecule has 2 aliphatic carbocycles. The molecule has 33 heavy (non-hydrogen) atoms. The Morgan fingerprint density at radius 2 is 1.97 bits per heavy atom. The van der Waals surface area contributed by atoms with E-state index in [1.165, 1.54) is 0 Å². The van der Waals surface area contributed by atoms with E-state index in [0.717, 1.165) is 58.7 Å². The van der Waals surface area contributed by atoms with Crippen LogP contribution in [0.2, 0.25) is 0 Å². The fourth-order valence-electron chi connectivity index (χ4n) is 5.56. The third kappa shape index (κ3) is 3.21. The van der Waals surface area contributed by atoms with E-state index < -0.39 is 11.7 Å². The van der Waals surface area contributed by atoms with Crippen molar-refractivity contribution in [3.8, 4) is 11.1 Å². The van der Waals surface area contributed by atoms with Crippen LogP contribution in [0.5, 0.6) is 0 Å². The van der Waals surface area contributed by atoms with Crippen LogP contribution in [0.15, 0.2) is 41.1 Å². The number of aryl methyl sites for hydroxylation is 2. The van der Waals surface area contributed by atoms with Gasteiger partial charge in [-0.05, 0) is 69.4 Å². The fraction of sp³-hybridized carbons (Fsp3) is 0.423. The number of aromatic nitrogens is 4. The molecule has 3 atom stereocenters. The Kier molecular flexibility index (Phi) is 4.67. The van der Waals surface area contributed by atoms with Crippen LogP contribution in [0.25, 0.3) is 22.2 Å². The fourth-order valence-corrected chi connectivity index (χ4v) is 5.56. The first kappa shape index (κ1) is 20.6. The SMILES string of the molecule is Cc1noc(C)c1-c1cc(C(O)(c2ccccn2)C2CCCC2O)c2nc(C3CC3)[nH]c2c1. The van der Waals surface area contributed by atoms with E-state index in [4.69, 9.17) is 9.51 Å². The quantitative estimate of drug-likeness (QED) is 0.418. The van der Waals surface area contributed by atoms with Crippen molar-refractivity contribution < 1.29 is 14.7 Å². The zero-order valence-corrected chi connectivity index (χ0v) is 18.9. The second kappa shape index (κ2) is 7.50. The van der Waals surface area contributed by atoms with Gasteiger partial charge in [0, 0.05) is 29.2 Å². The van der Waals surface area contributed by atoms with Crippen molar-refractivity contribution >= 4 is 11.0 Å². The van der Waals surface area contributed by atoms with E-state index in [2.05, 4.69) is 21.2 Å². The molecule has 0 bridgehead atoms. The molecule has 170 valence electrons. The van der Waals surface area contributed by atoms with Crippen LogP contribution >= 0.6 is 0 Å². The van der Waals surface area contributed by atoms with Crippen LogP contribution in [0, 0.1) is 19.8 Å². The van der Waals surface area contributed by atoms with Gasteiger partial charge in [-0.25, -0.2) is 4.98 Å². The van der Waals surface area contributed by atoms with Crippen molar-refractivity contribution in [3.05, 3.63) is 65.1 Å². The van der Waals surface area contributed by atoms with Crippen molar-refractivity contribution in [2.45, 2.75) is 63.6 Å². The number of H-pyrrole nitrogens is 1. The van der Waals surface area contributed by atoms with Crippen molar-refractivity contribution in [1.82, 2.24) is 20.1 Å². The topological polar surface area (TPSA) is 108 Å². The monoisotopic (exact) mass is 444 g/mol. The molecule has 3 heterocycles. The van der Waals surface area contributed by atoms with Gasteiger partial charge in [0.1, 0.15) is 17.2 Å². The van der Waals surface area contributed by atoms with Crippen LogP contribution in [-0.2, 0) is 5.60 Å². The van der Waals surface area contributed by atoms with E-state index in [-0.39, 0.29) is 5.92 Å². The van der Waals surface area contributed by atoms with Gasteiger partial charge in [0.2, 0.25) is 0 Å². The number of hydrogen-bond donors (Lipinski definition) is 3. The lowest BCUT2D eigenvalue weighted by molar-refractivity contribution is -0.0353. The zero-order chi connectivity index (χ0) is 22.7. The molecule has 2 saturated carbocycles. The summed E-state index contributed by atoms with van der Waals surface area (Å²) in [6, 6.07) is 9.61. The summed E-state index contributed by atoms with van der Waals surface area (Å²) in [4.78, 5) is 13.0. The van der Waals surface area contributed by atoms with E-state index in [1.54, 1.807) is 6.20 Å². The molecule has 3 aromatic heterocycles. The van der Waals surface area contributed by atoms with E-state index in [9.17, 15) is 10.2 Å².